The molecular weight excluding hydrogens is 436 g/mol. The lowest BCUT2D eigenvalue weighted by molar-refractivity contribution is -0.165. The Kier molecular flexibility index (Phi) is 6.39. The zero-order valence-corrected chi connectivity index (χ0v) is 19.6. The first-order chi connectivity index (χ1) is 16.0. The molecular formula is C26H31ClN4O2. The number of piperidine rings is 1. The largest absolute Gasteiger partial charge is 0.342 e. The molecule has 3 heterocycles. The van der Waals surface area contributed by atoms with Gasteiger partial charge in [-0.2, -0.15) is 0 Å². The Morgan fingerprint density at radius 3 is 2.42 bits per heavy atom. The Morgan fingerprint density at radius 1 is 1.03 bits per heavy atom. The predicted octanol–water partition coefficient (Wildman–Crippen LogP) is 3.58. The number of hydrogen-bond donors (Lipinski definition) is 1. The molecule has 5 rings (SSSR count). The molecule has 6 nitrogen and oxygen atoms in total. The summed E-state index contributed by atoms with van der Waals surface area (Å²) in [6.07, 6.45) is 9.58. The summed E-state index contributed by atoms with van der Waals surface area (Å²) < 4.78 is 0. The van der Waals surface area contributed by atoms with Crippen molar-refractivity contribution in [1.82, 2.24) is 20.1 Å². The number of aromatic nitrogens is 1. The summed E-state index contributed by atoms with van der Waals surface area (Å²) in [5.74, 6) is 0.102. The molecule has 3 aliphatic rings. The van der Waals surface area contributed by atoms with Crippen LogP contribution in [0.3, 0.4) is 0 Å². The molecule has 1 spiro atoms. The number of nitrogens with one attached hydrogen (secondary N) is 1. The van der Waals surface area contributed by atoms with Crippen LogP contribution in [0.15, 0.2) is 48.8 Å². The third-order valence-electron chi connectivity index (χ3n) is 7.58. The molecule has 2 saturated heterocycles. The molecule has 1 N–H and O–H groups in total. The van der Waals surface area contributed by atoms with E-state index in [-0.39, 0.29) is 17.9 Å². The van der Waals surface area contributed by atoms with Crippen LogP contribution < -0.4 is 5.32 Å². The van der Waals surface area contributed by atoms with E-state index in [1.54, 1.807) is 12.4 Å². The highest BCUT2D eigenvalue weighted by molar-refractivity contribution is 6.30. The van der Waals surface area contributed by atoms with E-state index in [2.05, 4.69) is 27.3 Å². The fourth-order valence-corrected chi connectivity index (χ4v) is 5.95. The van der Waals surface area contributed by atoms with Crippen LogP contribution >= 0.6 is 11.6 Å². The zero-order valence-electron chi connectivity index (χ0n) is 18.9. The highest BCUT2D eigenvalue weighted by Gasteiger charge is 2.55. The molecule has 1 saturated carbocycles. The van der Waals surface area contributed by atoms with Crippen molar-refractivity contribution in [3.05, 3.63) is 64.9 Å². The summed E-state index contributed by atoms with van der Waals surface area (Å²) in [6.45, 7) is 2.41. The minimum Gasteiger partial charge on any atom is -0.342 e. The van der Waals surface area contributed by atoms with Gasteiger partial charge in [-0.3, -0.25) is 19.5 Å². The van der Waals surface area contributed by atoms with E-state index in [0.29, 0.717) is 19.3 Å². The molecule has 3 fully saturated rings. The standard InChI is InChI=1S/C26H31ClN4O2/c27-21-9-7-19(8-10-21)18-30-14-11-26(12-15-30)25(33)29-23(16-20-4-3-13-28-17-20)24(32)31(26)22-5-1-2-6-22/h3-4,7-10,13,17,22-23H,1-2,5-6,11-12,14-16,18H2,(H,29,33)/t23-/m1/s1. The van der Waals surface area contributed by atoms with E-state index in [9.17, 15) is 9.59 Å². The SMILES string of the molecule is O=C1[C@@H](Cc2cccnc2)NC(=O)C2(CCN(Cc3ccc(Cl)cc3)CC2)N1C1CCCC1. The van der Waals surface area contributed by atoms with Crippen LogP contribution in [0.1, 0.15) is 49.7 Å². The van der Waals surface area contributed by atoms with Crippen molar-refractivity contribution in [2.24, 2.45) is 0 Å². The monoisotopic (exact) mass is 466 g/mol. The topological polar surface area (TPSA) is 65.5 Å². The zero-order chi connectivity index (χ0) is 22.8. The first-order valence-electron chi connectivity index (χ1n) is 12.0. The Balaban J connectivity index is 1.34. The van der Waals surface area contributed by atoms with Gasteiger partial charge in [0.05, 0.1) is 0 Å². The maximum Gasteiger partial charge on any atom is 0.246 e. The number of nitrogens with zero attached hydrogens (tertiary/aromatic N) is 3. The Bertz CT molecular complexity index is 983. The molecule has 1 aliphatic carbocycles. The maximum absolute atomic E-state index is 13.8. The highest BCUT2D eigenvalue weighted by Crippen LogP contribution is 2.39. The molecule has 174 valence electrons. The van der Waals surface area contributed by atoms with Crippen molar-refractivity contribution in [1.29, 1.82) is 0 Å². The van der Waals surface area contributed by atoms with Crippen molar-refractivity contribution in [3.63, 3.8) is 0 Å². The summed E-state index contributed by atoms with van der Waals surface area (Å²) in [6, 6.07) is 11.4. The molecule has 2 aliphatic heterocycles. The average molecular weight is 467 g/mol. The second kappa shape index (κ2) is 9.43. The van der Waals surface area contributed by atoms with Gasteiger partial charge in [-0.1, -0.05) is 42.6 Å². The van der Waals surface area contributed by atoms with Crippen molar-refractivity contribution >= 4 is 23.4 Å². The number of halogens is 1. The van der Waals surface area contributed by atoms with Gasteiger partial charge in [0.15, 0.2) is 0 Å². The lowest BCUT2D eigenvalue weighted by Crippen LogP contribution is -2.74. The van der Waals surface area contributed by atoms with E-state index in [1.165, 1.54) is 5.56 Å². The van der Waals surface area contributed by atoms with Gasteiger partial charge in [-0.25, -0.2) is 0 Å². The van der Waals surface area contributed by atoms with Gasteiger partial charge in [0, 0.05) is 49.5 Å². The Morgan fingerprint density at radius 2 is 1.76 bits per heavy atom. The first kappa shape index (κ1) is 22.4. The number of benzene rings is 1. The first-order valence-corrected chi connectivity index (χ1v) is 12.4. The van der Waals surface area contributed by atoms with Gasteiger partial charge in [-0.05, 0) is 55.0 Å². The molecule has 0 bridgehead atoms. The van der Waals surface area contributed by atoms with E-state index < -0.39 is 11.6 Å². The van der Waals surface area contributed by atoms with Crippen LogP contribution in [0.5, 0.6) is 0 Å². The third kappa shape index (κ3) is 4.51. The molecule has 2 amide bonds. The highest BCUT2D eigenvalue weighted by atomic mass is 35.5. The maximum atomic E-state index is 13.8. The Hall–Kier alpha value is -2.44. The molecule has 1 aromatic carbocycles. The average Bonchev–Trinajstić information content (AvgIpc) is 3.35. The smallest absolute Gasteiger partial charge is 0.246 e. The summed E-state index contributed by atoms with van der Waals surface area (Å²) >= 11 is 6.02. The Labute approximate surface area is 200 Å². The minimum absolute atomic E-state index is 0.0223. The number of likely N-dealkylation sites (tertiary alicyclic amines) is 1. The van der Waals surface area contributed by atoms with Crippen LogP contribution in [0.4, 0.5) is 0 Å². The molecule has 1 aromatic heterocycles. The van der Waals surface area contributed by atoms with Gasteiger partial charge < -0.3 is 10.2 Å². The van der Waals surface area contributed by atoms with E-state index in [0.717, 1.165) is 55.9 Å². The number of amides is 2. The van der Waals surface area contributed by atoms with Crippen LogP contribution in [0.25, 0.3) is 0 Å². The van der Waals surface area contributed by atoms with Gasteiger partial charge >= 0.3 is 0 Å². The number of hydrogen-bond acceptors (Lipinski definition) is 4. The minimum atomic E-state index is -0.728. The number of carbonyl (C=O) groups is 2. The van der Waals surface area contributed by atoms with E-state index in [4.69, 9.17) is 11.6 Å². The van der Waals surface area contributed by atoms with Crippen LogP contribution in [-0.2, 0) is 22.6 Å². The summed E-state index contributed by atoms with van der Waals surface area (Å²) in [5.41, 5.74) is 1.45. The molecule has 2 aromatic rings. The normalized spacial score (nSPS) is 23.8. The number of piperazine rings is 1. The van der Waals surface area contributed by atoms with E-state index in [1.807, 2.05) is 29.2 Å². The van der Waals surface area contributed by atoms with Crippen LogP contribution in [0, 0.1) is 0 Å². The fraction of sp³-hybridized carbons (Fsp3) is 0.500. The van der Waals surface area contributed by atoms with Gasteiger partial charge in [0.25, 0.3) is 0 Å². The molecule has 0 radical (unpaired) electrons. The lowest BCUT2D eigenvalue weighted by Gasteiger charge is -2.54. The molecule has 7 heteroatoms. The fourth-order valence-electron chi connectivity index (χ4n) is 5.82. The van der Waals surface area contributed by atoms with Crippen molar-refractivity contribution in [2.45, 2.75) is 69.1 Å². The summed E-state index contributed by atoms with van der Waals surface area (Å²) in [5, 5.41) is 3.85. The molecule has 0 unspecified atom stereocenters. The number of rotatable bonds is 5. The number of pyridine rings is 1. The van der Waals surface area contributed by atoms with Gasteiger partial charge in [-0.15, -0.1) is 0 Å². The third-order valence-corrected chi connectivity index (χ3v) is 7.83. The quantitative estimate of drug-likeness (QED) is 0.731. The summed E-state index contributed by atoms with van der Waals surface area (Å²) in [7, 11) is 0. The van der Waals surface area contributed by atoms with Gasteiger partial charge in [0.1, 0.15) is 11.6 Å². The van der Waals surface area contributed by atoms with Crippen molar-refractivity contribution in [2.75, 3.05) is 13.1 Å². The predicted molar refractivity (Wildman–Crippen MR) is 128 cm³/mol. The van der Waals surface area contributed by atoms with Gasteiger partial charge in [0.2, 0.25) is 11.8 Å². The summed E-state index contributed by atoms with van der Waals surface area (Å²) in [4.78, 5) is 36.0. The number of carbonyl (C=O) groups excluding carboxylic acids is 2. The van der Waals surface area contributed by atoms with Crippen molar-refractivity contribution in [3.8, 4) is 0 Å². The van der Waals surface area contributed by atoms with Crippen LogP contribution in [-0.4, -0.2) is 57.3 Å². The molecule has 33 heavy (non-hydrogen) atoms. The van der Waals surface area contributed by atoms with E-state index >= 15 is 0 Å². The van der Waals surface area contributed by atoms with Crippen molar-refractivity contribution < 1.29 is 9.59 Å². The second-order valence-electron chi connectivity index (χ2n) is 9.67. The second-order valence-corrected chi connectivity index (χ2v) is 10.1. The van der Waals surface area contributed by atoms with Crippen LogP contribution in [0.2, 0.25) is 5.02 Å². The lowest BCUT2D eigenvalue weighted by atomic mass is 9.79. The molecule has 1 atom stereocenters.